The lowest BCUT2D eigenvalue weighted by molar-refractivity contribution is 0.553. The molecule has 2 aliphatic rings. The molecule has 0 radical (unpaired) electrons. The molecule has 5 nitrogen and oxygen atoms in total. The minimum absolute atomic E-state index is 0.148. The Bertz CT molecular complexity index is 552. The molecule has 2 unspecified atom stereocenters. The van der Waals surface area contributed by atoms with E-state index in [0.29, 0.717) is 6.04 Å². The number of anilines is 2. The maximum atomic E-state index is 11.8. The summed E-state index contributed by atoms with van der Waals surface area (Å²) in [6.07, 6.45) is 4.81. The van der Waals surface area contributed by atoms with Crippen LogP contribution in [0.15, 0.2) is 4.90 Å². The first-order valence-electron chi connectivity index (χ1n) is 5.68. The summed E-state index contributed by atoms with van der Waals surface area (Å²) < 4.78 is 27.5. The average Bonchev–Trinajstić information content (AvgIpc) is 2.88. The van der Waals surface area contributed by atoms with Gasteiger partial charge in [0.2, 0.25) is 0 Å². The molecule has 94 valence electrons. The number of hydrogen-bond acceptors (Lipinski definition) is 6. The number of hydrogen-bond donors (Lipinski definition) is 1. The molecule has 2 heterocycles. The zero-order valence-corrected chi connectivity index (χ0v) is 11.2. The van der Waals surface area contributed by atoms with Crippen LogP contribution in [0.2, 0.25) is 0 Å². The Hall–Kier alpha value is -0.820. The largest absolute Gasteiger partial charge is 0.382 e. The number of rotatable bonds is 2. The molecule has 2 N–H and O–H groups in total. The molecular formula is C10H15N3O2S2. The van der Waals surface area contributed by atoms with E-state index in [9.17, 15) is 8.42 Å². The van der Waals surface area contributed by atoms with Crippen molar-refractivity contribution in [3.63, 3.8) is 0 Å². The molecule has 2 atom stereocenters. The Kier molecular flexibility index (Phi) is 2.38. The van der Waals surface area contributed by atoms with Gasteiger partial charge in [0.05, 0.1) is 0 Å². The molecule has 2 fully saturated rings. The summed E-state index contributed by atoms with van der Waals surface area (Å²) in [5.41, 5.74) is 5.69. The van der Waals surface area contributed by atoms with Crippen LogP contribution in [0.25, 0.3) is 0 Å². The van der Waals surface area contributed by atoms with Crippen LogP contribution >= 0.6 is 11.5 Å². The highest BCUT2D eigenvalue weighted by atomic mass is 32.2. The molecule has 0 spiro atoms. The van der Waals surface area contributed by atoms with Crippen LogP contribution < -0.4 is 10.6 Å². The number of piperidine rings is 1. The highest BCUT2D eigenvalue weighted by Crippen LogP contribution is 2.45. The van der Waals surface area contributed by atoms with Gasteiger partial charge in [-0.15, -0.1) is 0 Å². The van der Waals surface area contributed by atoms with E-state index in [4.69, 9.17) is 5.73 Å². The van der Waals surface area contributed by atoms with Crippen LogP contribution in [0.5, 0.6) is 0 Å². The quantitative estimate of drug-likeness (QED) is 0.873. The second-order valence-corrected chi connectivity index (χ2v) is 7.66. The molecule has 0 aromatic carbocycles. The van der Waals surface area contributed by atoms with Crippen molar-refractivity contribution in [1.29, 1.82) is 0 Å². The first-order chi connectivity index (χ1) is 7.97. The average molecular weight is 273 g/mol. The summed E-state index contributed by atoms with van der Waals surface area (Å²) in [4.78, 5) is 2.42. The molecule has 3 rings (SSSR count). The molecule has 1 aliphatic heterocycles. The summed E-state index contributed by atoms with van der Waals surface area (Å²) in [7, 11) is -3.29. The molecule has 1 aliphatic carbocycles. The van der Waals surface area contributed by atoms with Crippen LogP contribution in [0.1, 0.15) is 19.3 Å². The Morgan fingerprint density at radius 3 is 2.76 bits per heavy atom. The van der Waals surface area contributed by atoms with E-state index < -0.39 is 9.84 Å². The fraction of sp³-hybridized carbons (Fsp3) is 0.700. The van der Waals surface area contributed by atoms with Crippen molar-refractivity contribution in [3.8, 4) is 0 Å². The van der Waals surface area contributed by atoms with Gasteiger partial charge in [-0.2, -0.15) is 4.37 Å². The van der Waals surface area contributed by atoms with Gasteiger partial charge in [-0.25, -0.2) is 8.42 Å². The van der Waals surface area contributed by atoms with Crippen LogP contribution in [0, 0.1) is 5.92 Å². The number of fused-ring (bicyclic) bond motifs is 2. The van der Waals surface area contributed by atoms with Gasteiger partial charge >= 0.3 is 0 Å². The minimum atomic E-state index is -3.29. The van der Waals surface area contributed by atoms with E-state index in [0.717, 1.165) is 23.9 Å². The molecule has 1 saturated heterocycles. The third-order valence-corrected chi connectivity index (χ3v) is 5.87. The highest BCUT2D eigenvalue weighted by molar-refractivity contribution is 7.91. The molecule has 7 heteroatoms. The van der Waals surface area contributed by atoms with E-state index in [1.807, 2.05) is 0 Å². The number of nitrogens with two attached hydrogens (primary N) is 1. The predicted octanol–water partition coefficient (Wildman–Crippen LogP) is 1.12. The topological polar surface area (TPSA) is 76.3 Å². The van der Waals surface area contributed by atoms with E-state index in [1.165, 1.54) is 30.6 Å². The van der Waals surface area contributed by atoms with Crippen molar-refractivity contribution in [2.45, 2.75) is 30.2 Å². The second-order valence-electron chi connectivity index (χ2n) is 4.96. The van der Waals surface area contributed by atoms with Gasteiger partial charge < -0.3 is 10.6 Å². The van der Waals surface area contributed by atoms with Crippen LogP contribution in [-0.2, 0) is 9.84 Å². The fourth-order valence-electron chi connectivity index (χ4n) is 2.99. The SMILES string of the molecule is CS(=O)(=O)c1c(N)nsc1N1CC2CCC1C2. The Labute approximate surface area is 105 Å². The minimum Gasteiger partial charge on any atom is -0.382 e. The van der Waals surface area contributed by atoms with Gasteiger partial charge in [-0.3, -0.25) is 0 Å². The summed E-state index contributed by atoms with van der Waals surface area (Å²) in [5, 5.41) is 0.747. The normalized spacial score (nSPS) is 27.9. The van der Waals surface area contributed by atoms with Crippen molar-refractivity contribution < 1.29 is 8.42 Å². The molecular weight excluding hydrogens is 258 g/mol. The summed E-state index contributed by atoms with van der Waals surface area (Å²) in [6.45, 7) is 0.953. The molecule has 1 aromatic heterocycles. The zero-order valence-electron chi connectivity index (χ0n) is 9.59. The van der Waals surface area contributed by atoms with Gasteiger partial charge in [0, 0.05) is 18.8 Å². The third kappa shape index (κ3) is 1.72. The van der Waals surface area contributed by atoms with Gasteiger partial charge in [-0.1, -0.05) is 0 Å². The van der Waals surface area contributed by atoms with Crippen LogP contribution in [0.4, 0.5) is 10.8 Å². The lowest BCUT2D eigenvalue weighted by Crippen LogP contribution is -2.32. The smallest absolute Gasteiger partial charge is 0.182 e. The molecule has 0 amide bonds. The van der Waals surface area contributed by atoms with E-state index >= 15 is 0 Å². The molecule has 1 saturated carbocycles. The lowest BCUT2D eigenvalue weighted by Gasteiger charge is -2.27. The Morgan fingerprint density at radius 1 is 1.47 bits per heavy atom. The first-order valence-corrected chi connectivity index (χ1v) is 8.35. The van der Waals surface area contributed by atoms with Crippen molar-refractivity contribution in [2.24, 2.45) is 5.92 Å². The van der Waals surface area contributed by atoms with E-state index in [-0.39, 0.29) is 10.7 Å². The van der Waals surface area contributed by atoms with Crippen LogP contribution in [0.3, 0.4) is 0 Å². The Balaban J connectivity index is 2.05. The monoisotopic (exact) mass is 273 g/mol. The summed E-state index contributed by atoms with van der Waals surface area (Å²) >= 11 is 1.21. The maximum absolute atomic E-state index is 11.8. The first kappa shape index (κ1) is 11.3. The Morgan fingerprint density at radius 2 is 2.24 bits per heavy atom. The van der Waals surface area contributed by atoms with Crippen LogP contribution in [-0.4, -0.2) is 31.6 Å². The maximum Gasteiger partial charge on any atom is 0.182 e. The zero-order chi connectivity index (χ0) is 12.2. The van der Waals surface area contributed by atoms with Gasteiger partial charge in [0.15, 0.2) is 15.7 Å². The summed E-state index contributed by atoms with van der Waals surface area (Å²) in [5.74, 6) is 0.867. The predicted molar refractivity (Wildman–Crippen MR) is 68.1 cm³/mol. The van der Waals surface area contributed by atoms with Gasteiger partial charge in [-0.05, 0) is 36.7 Å². The number of aromatic nitrogens is 1. The van der Waals surface area contributed by atoms with Gasteiger partial charge in [0.1, 0.15) is 9.90 Å². The number of nitrogens with zero attached hydrogens (tertiary/aromatic N) is 2. The highest BCUT2D eigenvalue weighted by Gasteiger charge is 2.40. The van der Waals surface area contributed by atoms with E-state index in [1.54, 1.807) is 0 Å². The number of nitrogen functional groups attached to an aromatic ring is 1. The second kappa shape index (κ2) is 3.58. The molecule has 2 bridgehead atoms. The van der Waals surface area contributed by atoms with Gasteiger partial charge in [0.25, 0.3) is 0 Å². The third-order valence-electron chi connectivity index (χ3n) is 3.70. The van der Waals surface area contributed by atoms with Crippen molar-refractivity contribution >= 4 is 32.2 Å². The van der Waals surface area contributed by atoms with E-state index in [2.05, 4.69) is 9.27 Å². The molecule has 1 aromatic rings. The summed E-state index contributed by atoms with van der Waals surface area (Å²) in [6, 6.07) is 0.486. The lowest BCUT2D eigenvalue weighted by atomic mass is 10.1. The standard InChI is InChI=1S/C10H15N3O2S2/c1-17(14,15)8-9(11)12-16-10(8)13-5-6-2-3-7(13)4-6/h6-7H,2-5H2,1H3,(H2,11,12). The molecule has 17 heavy (non-hydrogen) atoms. The van der Waals surface area contributed by atoms with Crippen molar-refractivity contribution in [3.05, 3.63) is 0 Å². The van der Waals surface area contributed by atoms with Crippen molar-refractivity contribution in [1.82, 2.24) is 4.37 Å². The number of sulfone groups is 1. The van der Waals surface area contributed by atoms with Crippen molar-refractivity contribution in [2.75, 3.05) is 23.4 Å². The fourth-order valence-corrected chi connectivity index (χ4v) is 5.27.